The van der Waals surface area contributed by atoms with Crippen molar-refractivity contribution in [3.63, 3.8) is 0 Å². The Bertz CT molecular complexity index is 511. The van der Waals surface area contributed by atoms with Crippen LogP contribution in [0, 0.1) is 6.92 Å². The molecule has 0 aromatic heterocycles. The zero-order valence-corrected chi connectivity index (χ0v) is 13.4. The number of aryl methyl sites for hydroxylation is 1. The zero-order valence-electron chi connectivity index (χ0n) is 13.4. The van der Waals surface area contributed by atoms with Crippen molar-refractivity contribution in [3.05, 3.63) is 28.8 Å². The van der Waals surface area contributed by atoms with Gasteiger partial charge in [0, 0.05) is 24.1 Å². The third kappa shape index (κ3) is 2.58. The van der Waals surface area contributed by atoms with Gasteiger partial charge in [-0.05, 0) is 43.2 Å². The normalized spacial score (nSPS) is 26.1. The van der Waals surface area contributed by atoms with Crippen molar-refractivity contribution in [2.45, 2.75) is 77.5 Å². The predicted molar refractivity (Wildman–Crippen MR) is 83.5 cm³/mol. The van der Waals surface area contributed by atoms with Crippen LogP contribution >= 0.6 is 0 Å². The molecular formula is C18H27NO. The van der Waals surface area contributed by atoms with Gasteiger partial charge in [-0.15, -0.1) is 0 Å². The minimum Gasteiger partial charge on any atom is -0.490 e. The Morgan fingerprint density at radius 1 is 1.20 bits per heavy atom. The van der Waals surface area contributed by atoms with E-state index in [0.29, 0.717) is 12.1 Å². The van der Waals surface area contributed by atoms with Crippen LogP contribution in [0.4, 0.5) is 0 Å². The standard InChI is InChI=1S/C18H27NO/c1-11-6-9-14(18(3,4)5)17-16(11)15(10-12(2)20-17)19-13-7-8-13/h6,9,12-13,15,19H,7-8,10H2,1-5H3. The Labute approximate surface area is 122 Å². The molecule has 1 aromatic rings. The third-order valence-electron chi connectivity index (χ3n) is 4.47. The molecule has 110 valence electrons. The van der Waals surface area contributed by atoms with Crippen LogP contribution in [0.25, 0.3) is 0 Å². The summed E-state index contributed by atoms with van der Waals surface area (Å²) in [5.41, 5.74) is 4.23. The topological polar surface area (TPSA) is 21.3 Å². The molecule has 2 nitrogen and oxygen atoms in total. The molecule has 3 rings (SSSR count). The Kier molecular flexibility index (Phi) is 3.32. The quantitative estimate of drug-likeness (QED) is 0.869. The van der Waals surface area contributed by atoms with Gasteiger partial charge < -0.3 is 10.1 Å². The second kappa shape index (κ2) is 4.77. The molecule has 1 aliphatic carbocycles. The number of nitrogens with one attached hydrogen (secondary N) is 1. The monoisotopic (exact) mass is 273 g/mol. The van der Waals surface area contributed by atoms with E-state index in [1.807, 2.05) is 0 Å². The van der Waals surface area contributed by atoms with Crippen molar-refractivity contribution in [2.75, 3.05) is 0 Å². The number of fused-ring (bicyclic) bond motifs is 1. The van der Waals surface area contributed by atoms with Gasteiger partial charge >= 0.3 is 0 Å². The maximum absolute atomic E-state index is 6.26. The first kappa shape index (κ1) is 13.9. The van der Waals surface area contributed by atoms with Gasteiger partial charge in [0.1, 0.15) is 5.75 Å². The summed E-state index contributed by atoms with van der Waals surface area (Å²) in [5.74, 6) is 1.15. The molecule has 1 N–H and O–H groups in total. The molecule has 2 atom stereocenters. The van der Waals surface area contributed by atoms with Crippen LogP contribution in [0.3, 0.4) is 0 Å². The Morgan fingerprint density at radius 3 is 2.50 bits per heavy atom. The minimum absolute atomic E-state index is 0.124. The molecule has 1 heterocycles. The SMILES string of the molecule is Cc1ccc(C(C)(C)C)c2c1C(NC1CC1)CC(C)O2. The average Bonchev–Trinajstić information content (AvgIpc) is 3.10. The molecule has 0 radical (unpaired) electrons. The number of hydrogen-bond donors (Lipinski definition) is 1. The van der Waals surface area contributed by atoms with Crippen LogP contribution in [-0.2, 0) is 5.41 Å². The lowest BCUT2D eigenvalue weighted by Crippen LogP contribution is -2.34. The number of benzene rings is 1. The predicted octanol–water partition coefficient (Wildman–Crippen LogP) is 4.26. The summed E-state index contributed by atoms with van der Waals surface area (Å²) in [7, 11) is 0. The molecular weight excluding hydrogens is 246 g/mol. The van der Waals surface area contributed by atoms with Gasteiger partial charge in [-0.1, -0.05) is 32.9 Å². The van der Waals surface area contributed by atoms with Gasteiger partial charge in [0.15, 0.2) is 0 Å². The van der Waals surface area contributed by atoms with E-state index in [0.717, 1.165) is 18.2 Å². The second-order valence-corrected chi connectivity index (χ2v) is 7.58. The largest absolute Gasteiger partial charge is 0.490 e. The molecule has 0 amide bonds. The molecule has 1 aromatic carbocycles. The number of ether oxygens (including phenoxy) is 1. The molecule has 20 heavy (non-hydrogen) atoms. The van der Waals surface area contributed by atoms with E-state index in [-0.39, 0.29) is 5.41 Å². The lowest BCUT2D eigenvalue weighted by Gasteiger charge is -2.36. The van der Waals surface area contributed by atoms with E-state index in [1.165, 1.54) is 29.5 Å². The van der Waals surface area contributed by atoms with Crippen molar-refractivity contribution < 1.29 is 4.74 Å². The molecule has 0 saturated heterocycles. The maximum Gasteiger partial charge on any atom is 0.128 e. The van der Waals surface area contributed by atoms with Crippen LogP contribution in [0.1, 0.15) is 69.7 Å². The van der Waals surface area contributed by atoms with Crippen LogP contribution in [-0.4, -0.2) is 12.1 Å². The Morgan fingerprint density at radius 2 is 1.90 bits per heavy atom. The summed E-state index contributed by atoms with van der Waals surface area (Å²) >= 11 is 0. The van der Waals surface area contributed by atoms with Gasteiger partial charge in [0.05, 0.1) is 6.10 Å². The summed E-state index contributed by atoms with van der Waals surface area (Å²) in [6, 6.07) is 5.71. The highest BCUT2D eigenvalue weighted by molar-refractivity contribution is 5.52. The molecule has 2 unspecified atom stereocenters. The van der Waals surface area contributed by atoms with Gasteiger partial charge in [-0.25, -0.2) is 0 Å². The average molecular weight is 273 g/mol. The third-order valence-corrected chi connectivity index (χ3v) is 4.47. The lowest BCUT2D eigenvalue weighted by molar-refractivity contribution is 0.161. The van der Waals surface area contributed by atoms with Gasteiger partial charge in [-0.2, -0.15) is 0 Å². The molecule has 1 aliphatic heterocycles. The molecule has 1 saturated carbocycles. The molecule has 0 bridgehead atoms. The van der Waals surface area contributed by atoms with Crippen LogP contribution in [0.5, 0.6) is 5.75 Å². The maximum atomic E-state index is 6.26. The van der Waals surface area contributed by atoms with Crippen molar-refractivity contribution in [1.82, 2.24) is 5.32 Å². The summed E-state index contributed by atoms with van der Waals surface area (Å²) in [6.07, 6.45) is 4.04. The molecule has 1 fully saturated rings. The van der Waals surface area contributed by atoms with E-state index in [2.05, 4.69) is 52.1 Å². The fourth-order valence-electron chi connectivity index (χ4n) is 3.23. The lowest BCUT2D eigenvalue weighted by atomic mass is 9.81. The smallest absolute Gasteiger partial charge is 0.128 e. The fraction of sp³-hybridized carbons (Fsp3) is 0.667. The minimum atomic E-state index is 0.124. The van der Waals surface area contributed by atoms with E-state index in [1.54, 1.807) is 0 Å². The second-order valence-electron chi connectivity index (χ2n) is 7.58. The van der Waals surface area contributed by atoms with Gasteiger partial charge in [0.25, 0.3) is 0 Å². The van der Waals surface area contributed by atoms with E-state index >= 15 is 0 Å². The van der Waals surface area contributed by atoms with E-state index in [9.17, 15) is 0 Å². The summed E-state index contributed by atoms with van der Waals surface area (Å²) in [5, 5.41) is 3.82. The first-order valence-corrected chi connectivity index (χ1v) is 7.93. The summed E-state index contributed by atoms with van der Waals surface area (Å²) in [6.45, 7) is 11.2. The molecule has 2 heteroatoms. The van der Waals surface area contributed by atoms with Crippen molar-refractivity contribution in [3.8, 4) is 5.75 Å². The van der Waals surface area contributed by atoms with Crippen molar-refractivity contribution in [2.24, 2.45) is 0 Å². The van der Waals surface area contributed by atoms with Gasteiger partial charge in [-0.3, -0.25) is 0 Å². The Balaban J connectivity index is 2.07. The highest BCUT2D eigenvalue weighted by Crippen LogP contribution is 2.44. The van der Waals surface area contributed by atoms with Gasteiger partial charge in [0.2, 0.25) is 0 Å². The molecule has 2 aliphatic rings. The van der Waals surface area contributed by atoms with E-state index < -0.39 is 0 Å². The number of rotatable bonds is 2. The van der Waals surface area contributed by atoms with Crippen LogP contribution in [0.2, 0.25) is 0 Å². The summed E-state index contributed by atoms with van der Waals surface area (Å²) < 4.78 is 6.26. The molecule has 0 spiro atoms. The van der Waals surface area contributed by atoms with Crippen molar-refractivity contribution >= 4 is 0 Å². The number of hydrogen-bond acceptors (Lipinski definition) is 2. The van der Waals surface area contributed by atoms with Crippen LogP contribution in [0.15, 0.2) is 12.1 Å². The first-order chi connectivity index (χ1) is 9.36. The Hall–Kier alpha value is -1.02. The summed E-state index contributed by atoms with van der Waals surface area (Å²) in [4.78, 5) is 0. The van der Waals surface area contributed by atoms with Crippen molar-refractivity contribution in [1.29, 1.82) is 0 Å². The highest BCUT2D eigenvalue weighted by Gasteiger charge is 2.35. The van der Waals surface area contributed by atoms with E-state index in [4.69, 9.17) is 4.74 Å². The first-order valence-electron chi connectivity index (χ1n) is 7.93. The fourth-order valence-corrected chi connectivity index (χ4v) is 3.23. The zero-order chi connectivity index (χ0) is 14.5. The highest BCUT2D eigenvalue weighted by atomic mass is 16.5. The van der Waals surface area contributed by atoms with Crippen LogP contribution < -0.4 is 10.1 Å².